The highest BCUT2D eigenvalue weighted by molar-refractivity contribution is 5.69. The Bertz CT molecular complexity index is 144. The highest BCUT2D eigenvalue weighted by atomic mass is 16.5. The van der Waals surface area contributed by atoms with Crippen LogP contribution in [0.15, 0.2) is 12.7 Å². The van der Waals surface area contributed by atoms with E-state index in [1.165, 1.54) is 7.11 Å². The molecule has 0 unspecified atom stereocenters. The van der Waals surface area contributed by atoms with E-state index in [0.717, 1.165) is 0 Å². The molecular weight excluding hydrogens is 160 g/mol. The molecule has 4 nitrogen and oxygen atoms in total. The van der Waals surface area contributed by atoms with Crippen LogP contribution in [0.4, 0.5) is 0 Å². The lowest BCUT2D eigenvalue weighted by Crippen LogP contribution is -2.22. The smallest absolute Gasteiger partial charge is 0.308 e. The molecule has 0 aromatic heterocycles. The fourth-order valence-electron chi connectivity index (χ4n) is 0.650. The zero-order valence-electron chi connectivity index (χ0n) is 7.16. The lowest BCUT2D eigenvalue weighted by molar-refractivity contribution is -0.144. The number of ether oxygens (including phenoxy) is 2. The minimum absolute atomic E-state index is 0.0703. The largest absolute Gasteiger partial charge is 0.469 e. The van der Waals surface area contributed by atoms with Crippen molar-refractivity contribution in [2.75, 3.05) is 20.3 Å². The Balaban J connectivity index is 3.66. The molecule has 0 fully saturated rings. The maximum atomic E-state index is 10.7. The molecule has 0 saturated heterocycles. The van der Waals surface area contributed by atoms with Gasteiger partial charge in [-0.1, -0.05) is 6.08 Å². The van der Waals surface area contributed by atoms with Crippen molar-refractivity contribution < 1.29 is 19.4 Å². The van der Waals surface area contributed by atoms with Crippen molar-refractivity contribution in [1.29, 1.82) is 0 Å². The van der Waals surface area contributed by atoms with Crippen LogP contribution in [0.5, 0.6) is 0 Å². The van der Waals surface area contributed by atoms with E-state index in [9.17, 15) is 4.79 Å². The maximum Gasteiger partial charge on any atom is 0.308 e. The summed E-state index contributed by atoms with van der Waals surface area (Å²) in [4.78, 5) is 10.7. The molecule has 1 N–H and O–H groups in total. The van der Waals surface area contributed by atoms with E-state index in [-0.39, 0.29) is 13.0 Å². The molecule has 0 heterocycles. The highest BCUT2D eigenvalue weighted by Gasteiger charge is 2.12. The van der Waals surface area contributed by atoms with Crippen LogP contribution < -0.4 is 0 Å². The summed E-state index contributed by atoms with van der Waals surface area (Å²) in [6.07, 6.45) is 1.14. The van der Waals surface area contributed by atoms with Crippen molar-refractivity contribution in [3.63, 3.8) is 0 Å². The predicted molar refractivity (Wildman–Crippen MR) is 43.7 cm³/mol. The Labute approximate surface area is 71.8 Å². The Morgan fingerprint density at radius 1 is 1.75 bits per heavy atom. The quantitative estimate of drug-likeness (QED) is 0.459. The van der Waals surface area contributed by atoms with Crippen LogP contribution in [-0.4, -0.2) is 37.5 Å². The van der Waals surface area contributed by atoms with Gasteiger partial charge in [0.2, 0.25) is 0 Å². The summed E-state index contributed by atoms with van der Waals surface area (Å²) in [6, 6.07) is 0. The van der Waals surface area contributed by atoms with Crippen molar-refractivity contribution >= 4 is 5.97 Å². The molecule has 0 radical (unpaired) electrons. The zero-order valence-corrected chi connectivity index (χ0v) is 7.16. The SMILES string of the molecule is C=CCO[C@H](CO)CC(=O)OC. The van der Waals surface area contributed by atoms with E-state index in [0.29, 0.717) is 6.61 Å². The van der Waals surface area contributed by atoms with Crippen molar-refractivity contribution in [2.45, 2.75) is 12.5 Å². The third kappa shape index (κ3) is 4.87. The average molecular weight is 174 g/mol. The number of esters is 1. The molecule has 0 amide bonds. The Kier molecular flexibility index (Phi) is 6.32. The van der Waals surface area contributed by atoms with Gasteiger partial charge >= 0.3 is 5.97 Å². The van der Waals surface area contributed by atoms with Gasteiger partial charge in [0, 0.05) is 0 Å². The van der Waals surface area contributed by atoms with Gasteiger partial charge in [-0.05, 0) is 0 Å². The summed E-state index contributed by atoms with van der Waals surface area (Å²) < 4.78 is 9.45. The van der Waals surface area contributed by atoms with Crippen molar-refractivity contribution in [1.82, 2.24) is 0 Å². The van der Waals surface area contributed by atoms with Gasteiger partial charge in [0.05, 0.1) is 32.8 Å². The van der Waals surface area contributed by atoms with Crippen LogP contribution in [0.3, 0.4) is 0 Å². The molecule has 1 atom stereocenters. The molecule has 12 heavy (non-hydrogen) atoms. The number of carbonyl (C=O) groups excluding carboxylic acids is 1. The van der Waals surface area contributed by atoms with Crippen LogP contribution in [0, 0.1) is 0 Å². The number of aliphatic hydroxyl groups is 1. The number of rotatable bonds is 6. The predicted octanol–water partition coefficient (Wildman–Crippen LogP) is 0.113. The summed E-state index contributed by atoms with van der Waals surface area (Å²) in [5.74, 6) is -0.391. The fraction of sp³-hybridized carbons (Fsp3) is 0.625. The molecule has 0 bridgehead atoms. The van der Waals surface area contributed by atoms with Gasteiger partial charge in [-0.25, -0.2) is 0 Å². The van der Waals surface area contributed by atoms with E-state index >= 15 is 0 Å². The second kappa shape index (κ2) is 6.82. The van der Waals surface area contributed by atoms with Gasteiger partial charge in [0.15, 0.2) is 0 Å². The molecular formula is C8H14O4. The van der Waals surface area contributed by atoms with Gasteiger partial charge < -0.3 is 14.6 Å². The molecule has 0 aromatic rings. The lowest BCUT2D eigenvalue weighted by Gasteiger charge is -2.11. The van der Waals surface area contributed by atoms with E-state index < -0.39 is 12.1 Å². The Morgan fingerprint density at radius 3 is 2.83 bits per heavy atom. The number of methoxy groups -OCH3 is 1. The van der Waals surface area contributed by atoms with Crippen LogP contribution in [-0.2, 0) is 14.3 Å². The Hall–Kier alpha value is -0.870. The summed E-state index contributed by atoms with van der Waals surface area (Å²) >= 11 is 0. The first-order valence-corrected chi connectivity index (χ1v) is 3.64. The molecule has 0 spiro atoms. The topological polar surface area (TPSA) is 55.8 Å². The van der Waals surface area contributed by atoms with Crippen LogP contribution in [0.1, 0.15) is 6.42 Å². The highest BCUT2D eigenvalue weighted by Crippen LogP contribution is 1.99. The van der Waals surface area contributed by atoms with Gasteiger partial charge in [0.1, 0.15) is 0 Å². The first kappa shape index (κ1) is 11.1. The third-order valence-corrected chi connectivity index (χ3v) is 1.28. The number of hydrogen-bond donors (Lipinski definition) is 1. The monoisotopic (exact) mass is 174 g/mol. The summed E-state index contributed by atoms with van der Waals surface area (Å²) in [6.45, 7) is 3.57. The van der Waals surface area contributed by atoms with E-state index in [1.54, 1.807) is 6.08 Å². The van der Waals surface area contributed by atoms with E-state index in [4.69, 9.17) is 9.84 Å². The number of carbonyl (C=O) groups is 1. The summed E-state index contributed by atoms with van der Waals surface area (Å²) in [5.41, 5.74) is 0. The van der Waals surface area contributed by atoms with E-state index in [2.05, 4.69) is 11.3 Å². The Morgan fingerprint density at radius 2 is 2.42 bits per heavy atom. The second-order valence-corrected chi connectivity index (χ2v) is 2.21. The molecule has 0 rings (SSSR count). The van der Waals surface area contributed by atoms with Gasteiger partial charge in [-0.2, -0.15) is 0 Å². The minimum atomic E-state index is -0.490. The fourth-order valence-corrected chi connectivity index (χ4v) is 0.650. The molecule has 4 heteroatoms. The maximum absolute atomic E-state index is 10.7. The first-order valence-electron chi connectivity index (χ1n) is 3.64. The van der Waals surface area contributed by atoms with E-state index in [1.807, 2.05) is 0 Å². The molecule has 0 aliphatic heterocycles. The normalized spacial score (nSPS) is 12.2. The number of hydrogen-bond acceptors (Lipinski definition) is 4. The summed E-state index contributed by atoms with van der Waals surface area (Å²) in [7, 11) is 1.30. The van der Waals surface area contributed by atoms with Crippen LogP contribution in [0.25, 0.3) is 0 Å². The molecule has 0 aromatic carbocycles. The molecule has 0 aliphatic rings. The van der Waals surface area contributed by atoms with Gasteiger partial charge in [0.25, 0.3) is 0 Å². The summed E-state index contributed by atoms with van der Waals surface area (Å²) in [5, 5.41) is 8.73. The molecule has 0 aliphatic carbocycles. The van der Waals surface area contributed by atoms with Crippen LogP contribution >= 0.6 is 0 Å². The molecule has 0 saturated carbocycles. The van der Waals surface area contributed by atoms with Gasteiger partial charge in [-0.3, -0.25) is 4.79 Å². The first-order chi connectivity index (χ1) is 5.74. The van der Waals surface area contributed by atoms with Crippen LogP contribution in [0.2, 0.25) is 0 Å². The lowest BCUT2D eigenvalue weighted by atomic mass is 10.3. The molecule has 70 valence electrons. The third-order valence-electron chi connectivity index (χ3n) is 1.28. The standard InChI is InChI=1S/C8H14O4/c1-3-4-12-7(6-9)5-8(10)11-2/h3,7,9H,1,4-6H2,2H3/t7-/m0/s1. The minimum Gasteiger partial charge on any atom is -0.469 e. The number of aliphatic hydroxyl groups excluding tert-OH is 1. The zero-order chi connectivity index (χ0) is 9.40. The van der Waals surface area contributed by atoms with Crippen molar-refractivity contribution in [2.24, 2.45) is 0 Å². The van der Waals surface area contributed by atoms with Crippen molar-refractivity contribution in [3.05, 3.63) is 12.7 Å². The van der Waals surface area contributed by atoms with Crippen molar-refractivity contribution in [3.8, 4) is 0 Å². The van der Waals surface area contributed by atoms with Gasteiger partial charge in [-0.15, -0.1) is 6.58 Å². The average Bonchev–Trinajstić information content (AvgIpc) is 2.11. The second-order valence-electron chi connectivity index (χ2n) is 2.21.